The molecular weight excluding hydrogens is 432 g/mol. The summed E-state index contributed by atoms with van der Waals surface area (Å²) in [5.74, 6) is 0.839. The predicted octanol–water partition coefficient (Wildman–Crippen LogP) is 4.04. The second kappa shape index (κ2) is 10.2. The Balaban J connectivity index is 1.27. The van der Waals surface area contributed by atoms with Gasteiger partial charge in [0.2, 0.25) is 11.0 Å². The SMILES string of the molecule is CC1CN(c2nc(Cc3ccc(Cl)cc3)ns2)CCN1C(=O)COCc1ccccc1. The van der Waals surface area contributed by atoms with Gasteiger partial charge < -0.3 is 14.5 Å². The van der Waals surface area contributed by atoms with Gasteiger partial charge in [0.05, 0.1) is 6.61 Å². The highest BCUT2D eigenvalue weighted by Gasteiger charge is 2.29. The van der Waals surface area contributed by atoms with Crippen molar-refractivity contribution in [3.05, 3.63) is 76.6 Å². The minimum absolute atomic E-state index is 0.0313. The molecule has 1 unspecified atom stereocenters. The van der Waals surface area contributed by atoms with Crippen LogP contribution in [0, 0.1) is 0 Å². The Labute approximate surface area is 191 Å². The molecule has 162 valence electrons. The van der Waals surface area contributed by atoms with Gasteiger partial charge in [-0.25, -0.2) is 4.98 Å². The summed E-state index contributed by atoms with van der Waals surface area (Å²) in [6.07, 6.45) is 0.681. The number of hydrogen-bond donors (Lipinski definition) is 0. The maximum Gasteiger partial charge on any atom is 0.248 e. The van der Waals surface area contributed by atoms with Crippen molar-refractivity contribution in [1.29, 1.82) is 0 Å². The van der Waals surface area contributed by atoms with E-state index < -0.39 is 0 Å². The zero-order chi connectivity index (χ0) is 21.6. The molecule has 1 aliphatic rings. The molecule has 31 heavy (non-hydrogen) atoms. The van der Waals surface area contributed by atoms with Crippen LogP contribution in [0.4, 0.5) is 5.13 Å². The second-order valence-electron chi connectivity index (χ2n) is 7.66. The van der Waals surface area contributed by atoms with E-state index in [1.807, 2.05) is 59.5 Å². The molecule has 1 aliphatic heterocycles. The van der Waals surface area contributed by atoms with Crippen LogP contribution in [0.3, 0.4) is 0 Å². The van der Waals surface area contributed by atoms with Crippen LogP contribution >= 0.6 is 23.1 Å². The van der Waals surface area contributed by atoms with Crippen molar-refractivity contribution in [2.75, 3.05) is 31.1 Å². The summed E-state index contributed by atoms with van der Waals surface area (Å²) >= 11 is 7.36. The molecule has 0 spiro atoms. The van der Waals surface area contributed by atoms with E-state index in [2.05, 4.69) is 16.2 Å². The van der Waals surface area contributed by atoms with Crippen molar-refractivity contribution in [1.82, 2.24) is 14.3 Å². The molecule has 0 N–H and O–H groups in total. The first-order chi connectivity index (χ1) is 15.1. The summed E-state index contributed by atoms with van der Waals surface area (Å²) < 4.78 is 10.1. The van der Waals surface area contributed by atoms with Crippen LogP contribution in [0.15, 0.2) is 54.6 Å². The van der Waals surface area contributed by atoms with Gasteiger partial charge in [0, 0.05) is 48.7 Å². The molecule has 0 aliphatic carbocycles. The number of hydrogen-bond acceptors (Lipinski definition) is 6. The van der Waals surface area contributed by atoms with Crippen molar-refractivity contribution >= 4 is 34.2 Å². The molecule has 3 aromatic rings. The van der Waals surface area contributed by atoms with Crippen molar-refractivity contribution in [3.8, 4) is 0 Å². The van der Waals surface area contributed by atoms with E-state index in [9.17, 15) is 4.79 Å². The van der Waals surface area contributed by atoms with Gasteiger partial charge in [-0.05, 0) is 30.2 Å². The van der Waals surface area contributed by atoms with Gasteiger partial charge >= 0.3 is 0 Å². The van der Waals surface area contributed by atoms with E-state index in [1.54, 1.807) is 0 Å². The van der Waals surface area contributed by atoms with E-state index >= 15 is 0 Å². The number of amides is 1. The Morgan fingerprint density at radius 2 is 1.90 bits per heavy atom. The Kier molecular flexibility index (Phi) is 7.17. The number of anilines is 1. The highest BCUT2D eigenvalue weighted by molar-refractivity contribution is 7.09. The highest BCUT2D eigenvalue weighted by atomic mass is 35.5. The first-order valence-electron chi connectivity index (χ1n) is 10.3. The van der Waals surface area contributed by atoms with Gasteiger partial charge in [0.1, 0.15) is 12.4 Å². The maximum atomic E-state index is 12.6. The molecule has 0 saturated carbocycles. The molecule has 6 nitrogen and oxygen atoms in total. The summed E-state index contributed by atoms with van der Waals surface area (Å²) in [5, 5.41) is 1.63. The number of ether oxygens (including phenoxy) is 1. The third-order valence-electron chi connectivity index (χ3n) is 5.29. The standard InChI is InChI=1S/C23H25ClN4O2S/c1-17-14-27(23-25-21(26-31-23)13-18-7-9-20(24)10-8-18)11-12-28(17)22(29)16-30-15-19-5-3-2-4-6-19/h2-10,17H,11-16H2,1H3. The number of aromatic nitrogens is 2. The van der Waals surface area contributed by atoms with Crippen LogP contribution in [0.5, 0.6) is 0 Å². The van der Waals surface area contributed by atoms with Gasteiger partial charge in [-0.2, -0.15) is 4.37 Å². The molecular formula is C23H25ClN4O2S. The zero-order valence-electron chi connectivity index (χ0n) is 17.4. The molecule has 1 fully saturated rings. The van der Waals surface area contributed by atoms with Crippen molar-refractivity contribution in [2.24, 2.45) is 0 Å². The lowest BCUT2D eigenvalue weighted by Crippen LogP contribution is -2.55. The Morgan fingerprint density at radius 3 is 2.65 bits per heavy atom. The lowest BCUT2D eigenvalue weighted by atomic mass is 10.1. The summed E-state index contributed by atoms with van der Waals surface area (Å²) in [7, 11) is 0. The van der Waals surface area contributed by atoms with E-state index in [0.29, 0.717) is 19.6 Å². The number of benzene rings is 2. The van der Waals surface area contributed by atoms with Crippen LogP contribution in [-0.2, 0) is 22.6 Å². The van der Waals surface area contributed by atoms with E-state index in [0.717, 1.165) is 40.2 Å². The van der Waals surface area contributed by atoms with Crippen LogP contribution in [0.1, 0.15) is 23.9 Å². The number of piperazine rings is 1. The molecule has 4 rings (SSSR count). The second-order valence-corrected chi connectivity index (χ2v) is 8.82. The molecule has 1 saturated heterocycles. The fourth-order valence-corrected chi connectivity index (χ4v) is 4.49. The quantitative estimate of drug-likeness (QED) is 0.537. The molecule has 1 atom stereocenters. The fraction of sp³-hybridized carbons (Fsp3) is 0.348. The number of nitrogens with zero attached hydrogens (tertiary/aromatic N) is 4. The molecule has 2 heterocycles. The predicted molar refractivity (Wildman–Crippen MR) is 124 cm³/mol. The molecule has 1 aromatic heterocycles. The van der Waals surface area contributed by atoms with Gasteiger partial charge in [0.15, 0.2) is 0 Å². The minimum atomic E-state index is 0.0313. The van der Waals surface area contributed by atoms with Gasteiger partial charge in [-0.3, -0.25) is 4.79 Å². The third kappa shape index (κ3) is 5.81. The fourth-order valence-electron chi connectivity index (χ4n) is 3.65. The average molecular weight is 457 g/mol. The van der Waals surface area contributed by atoms with Crippen molar-refractivity contribution in [2.45, 2.75) is 26.0 Å². The summed E-state index contributed by atoms with van der Waals surface area (Å²) in [6, 6.07) is 17.7. The number of halogens is 1. The monoisotopic (exact) mass is 456 g/mol. The lowest BCUT2D eigenvalue weighted by molar-refractivity contribution is -0.139. The largest absolute Gasteiger partial charge is 0.367 e. The van der Waals surface area contributed by atoms with Crippen molar-refractivity contribution in [3.63, 3.8) is 0 Å². The molecule has 0 bridgehead atoms. The van der Waals surface area contributed by atoms with Gasteiger partial charge in [0.25, 0.3) is 0 Å². The van der Waals surface area contributed by atoms with Crippen LogP contribution in [-0.4, -0.2) is 52.4 Å². The summed E-state index contributed by atoms with van der Waals surface area (Å²) in [4.78, 5) is 21.4. The van der Waals surface area contributed by atoms with Gasteiger partial charge in [-0.15, -0.1) is 0 Å². The van der Waals surface area contributed by atoms with Crippen LogP contribution in [0.25, 0.3) is 0 Å². The van der Waals surface area contributed by atoms with E-state index in [4.69, 9.17) is 21.3 Å². The first kappa shape index (κ1) is 21.7. The van der Waals surface area contributed by atoms with E-state index in [-0.39, 0.29) is 18.6 Å². The molecule has 8 heteroatoms. The third-order valence-corrected chi connectivity index (χ3v) is 6.36. The van der Waals surface area contributed by atoms with Crippen LogP contribution < -0.4 is 4.90 Å². The smallest absolute Gasteiger partial charge is 0.248 e. The summed E-state index contributed by atoms with van der Waals surface area (Å²) in [6.45, 7) is 4.74. The maximum absolute atomic E-state index is 12.6. The Bertz CT molecular complexity index is 996. The highest BCUT2D eigenvalue weighted by Crippen LogP contribution is 2.23. The van der Waals surface area contributed by atoms with Crippen LogP contribution in [0.2, 0.25) is 5.02 Å². The Hall–Kier alpha value is -2.48. The molecule has 0 radical (unpaired) electrons. The minimum Gasteiger partial charge on any atom is -0.367 e. The number of rotatable bonds is 7. The van der Waals surface area contributed by atoms with Crippen molar-refractivity contribution < 1.29 is 9.53 Å². The van der Waals surface area contributed by atoms with Gasteiger partial charge in [-0.1, -0.05) is 54.1 Å². The lowest BCUT2D eigenvalue weighted by Gasteiger charge is -2.39. The normalized spacial score (nSPS) is 16.5. The zero-order valence-corrected chi connectivity index (χ0v) is 19.0. The Morgan fingerprint density at radius 1 is 1.13 bits per heavy atom. The van der Waals surface area contributed by atoms with E-state index in [1.165, 1.54) is 11.5 Å². The summed E-state index contributed by atoms with van der Waals surface area (Å²) in [5.41, 5.74) is 2.20. The topological polar surface area (TPSA) is 58.6 Å². The number of carbonyl (C=O) groups is 1. The molecule has 2 aromatic carbocycles. The average Bonchev–Trinajstić information content (AvgIpc) is 3.24. The number of carbonyl (C=O) groups excluding carboxylic acids is 1. The first-order valence-corrected chi connectivity index (χ1v) is 11.5. The molecule has 1 amide bonds.